The minimum Gasteiger partial charge on any atom is -0.397 e. The van der Waals surface area contributed by atoms with Crippen LogP contribution in [0.4, 0.5) is 11.4 Å². The van der Waals surface area contributed by atoms with E-state index < -0.39 is 0 Å². The Balaban J connectivity index is 1.77. The number of halogens is 1. The summed E-state index contributed by atoms with van der Waals surface area (Å²) in [7, 11) is 0. The van der Waals surface area contributed by atoms with E-state index in [1.165, 1.54) is 19.3 Å². The van der Waals surface area contributed by atoms with Gasteiger partial charge < -0.3 is 16.0 Å². The summed E-state index contributed by atoms with van der Waals surface area (Å²) in [6.45, 7) is 5.06. The first-order chi connectivity index (χ1) is 10.1. The highest BCUT2D eigenvalue weighted by Gasteiger charge is 2.20. The number of amides is 1. The molecule has 0 spiro atoms. The Morgan fingerprint density at radius 3 is 2.81 bits per heavy atom. The van der Waals surface area contributed by atoms with Crippen molar-refractivity contribution in [1.82, 2.24) is 4.90 Å². The molecular formula is C16H24ClN3O. The second-order valence-electron chi connectivity index (χ2n) is 5.72. The van der Waals surface area contributed by atoms with Gasteiger partial charge in [0.05, 0.1) is 11.4 Å². The lowest BCUT2D eigenvalue weighted by atomic mass is 9.85. The highest BCUT2D eigenvalue weighted by atomic mass is 35.5. The van der Waals surface area contributed by atoms with Gasteiger partial charge in [-0.25, -0.2) is 0 Å². The first-order valence-electron chi connectivity index (χ1n) is 7.65. The molecule has 0 atom stereocenters. The van der Waals surface area contributed by atoms with Gasteiger partial charge in [0.15, 0.2) is 0 Å². The molecule has 0 bridgehead atoms. The lowest BCUT2D eigenvalue weighted by molar-refractivity contribution is -0.116. The molecule has 116 valence electrons. The Morgan fingerprint density at radius 1 is 1.48 bits per heavy atom. The van der Waals surface area contributed by atoms with Crippen molar-refractivity contribution in [2.75, 3.05) is 30.7 Å². The zero-order chi connectivity index (χ0) is 15.2. The molecule has 4 nitrogen and oxygen atoms in total. The van der Waals surface area contributed by atoms with Crippen molar-refractivity contribution in [3.8, 4) is 0 Å². The number of hydrogen-bond acceptors (Lipinski definition) is 3. The zero-order valence-corrected chi connectivity index (χ0v) is 13.3. The molecule has 3 N–H and O–H groups in total. The molecule has 0 unspecified atom stereocenters. The van der Waals surface area contributed by atoms with Crippen molar-refractivity contribution in [3.05, 3.63) is 23.2 Å². The van der Waals surface area contributed by atoms with Crippen LogP contribution in [0.5, 0.6) is 0 Å². The number of benzene rings is 1. The number of anilines is 2. The monoisotopic (exact) mass is 309 g/mol. The molecule has 1 fully saturated rings. The summed E-state index contributed by atoms with van der Waals surface area (Å²) in [5, 5.41) is 3.42. The molecule has 2 rings (SSSR count). The minimum absolute atomic E-state index is 0.00363. The largest absolute Gasteiger partial charge is 0.397 e. The molecule has 1 aromatic carbocycles. The summed E-state index contributed by atoms with van der Waals surface area (Å²) < 4.78 is 0. The quantitative estimate of drug-likeness (QED) is 0.759. The maximum absolute atomic E-state index is 12.0. The second kappa shape index (κ2) is 7.66. The van der Waals surface area contributed by atoms with Crippen LogP contribution in [-0.4, -0.2) is 30.4 Å². The van der Waals surface area contributed by atoms with Crippen LogP contribution in [0.25, 0.3) is 0 Å². The summed E-state index contributed by atoms with van der Waals surface area (Å²) in [6.07, 6.45) is 4.52. The molecule has 1 aromatic rings. The number of nitrogens with zero attached hydrogens (tertiary/aromatic N) is 1. The molecule has 0 saturated heterocycles. The van der Waals surface area contributed by atoms with Crippen LogP contribution in [0.2, 0.25) is 5.02 Å². The fourth-order valence-corrected chi connectivity index (χ4v) is 2.72. The Kier molecular flexibility index (Phi) is 5.88. The highest BCUT2D eigenvalue weighted by molar-refractivity contribution is 6.31. The number of carbonyl (C=O) groups is 1. The van der Waals surface area contributed by atoms with Crippen molar-refractivity contribution in [3.63, 3.8) is 0 Å². The van der Waals surface area contributed by atoms with E-state index in [4.69, 9.17) is 17.3 Å². The van der Waals surface area contributed by atoms with Crippen molar-refractivity contribution < 1.29 is 4.79 Å². The minimum atomic E-state index is -0.00363. The standard InChI is InChI=1S/C16H24ClN3O/c1-2-20(11-12-4-3-5-12)9-8-16(21)19-15-7-6-13(17)10-14(15)18/h6-7,10,12H,2-5,8-9,11,18H2,1H3,(H,19,21). The maximum Gasteiger partial charge on any atom is 0.225 e. The SMILES string of the molecule is CCN(CCC(=O)Nc1ccc(Cl)cc1N)CC1CCC1. The lowest BCUT2D eigenvalue weighted by Gasteiger charge is -2.31. The number of rotatable bonds is 7. The van der Waals surface area contributed by atoms with Crippen LogP contribution >= 0.6 is 11.6 Å². The van der Waals surface area contributed by atoms with Gasteiger partial charge in [-0.1, -0.05) is 24.9 Å². The number of nitrogens with two attached hydrogens (primary N) is 1. The van der Waals surface area contributed by atoms with Crippen LogP contribution in [0.3, 0.4) is 0 Å². The van der Waals surface area contributed by atoms with Gasteiger partial charge >= 0.3 is 0 Å². The van der Waals surface area contributed by atoms with Crippen LogP contribution in [0.15, 0.2) is 18.2 Å². The van der Waals surface area contributed by atoms with Gasteiger partial charge in [-0.2, -0.15) is 0 Å². The van der Waals surface area contributed by atoms with E-state index in [-0.39, 0.29) is 5.91 Å². The summed E-state index contributed by atoms with van der Waals surface area (Å²) >= 11 is 5.84. The highest BCUT2D eigenvalue weighted by Crippen LogP contribution is 2.27. The van der Waals surface area contributed by atoms with Crippen molar-refractivity contribution in [2.45, 2.75) is 32.6 Å². The fraction of sp³-hybridized carbons (Fsp3) is 0.562. The van der Waals surface area contributed by atoms with E-state index in [9.17, 15) is 4.79 Å². The first kappa shape index (κ1) is 16.1. The Labute approximate surface area is 131 Å². The molecule has 5 heteroatoms. The van der Waals surface area contributed by atoms with Crippen molar-refractivity contribution >= 4 is 28.9 Å². The molecule has 0 heterocycles. The van der Waals surface area contributed by atoms with Gasteiger partial charge in [-0.05, 0) is 43.5 Å². The van der Waals surface area contributed by atoms with Crippen LogP contribution in [0, 0.1) is 5.92 Å². The molecule has 0 radical (unpaired) electrons. The van der Waals surface area contributed by atoms with Gasteiger partial charge in [0, 0.05) is 24.5 Å². The number of carbonyl (C=O) groups excluding carboxylic acids is 1. The molecule has 0 aromatic heterocycles. The topological polar surface area (TPSA) is 58.4 Å². The number of nitrogen functional groups attached to an aromatic ring is 1. The normalized spacial score (nSPS) is 15.0. The fourth-order valence-electron chi connectivity index (χ4n) is 2.54. The van der Waals surface area contributed by atoms with Gasteiger partial charge in [0.25, 0.3) is 0 Å². The van der Waals surface area contributed by atoms with Gasteiger partial charge in [-0.15, -0.1) is 0 Å². The Bertz CT molecular complexity index is 488. The number of nitrogens with one attached hydrogen (secondary N) is 1. The van der Waals surface area contributed by atoms with E-state index >= 15 is 0 Å². The van der Waals surface area contributed by atoms with Crippen LogP contribution in [0.1, 0.15) is 32.6 Å². The van der Waals surface area contributed by atoms with Gasteiger partial charge in [-0.3, -0.25) is 4.79 Å². The predicted molar refractivity (Wildman–Crippen MR) is 88.6 cm³/mol. The van der Waals surface area contributed by atoms with E-state index in [1.807, 2.05) is 0 Å². The molecule has 1 aliphatic rings. The Hall–Kier alpha value is -1.26. The third-order valence-electron chi connectivity index (χ3n) is 4.13. The third kappa shape index (κ3) is 4.90. The molecular weight excluding hydrogens is 286 g/mol. The summed E-state index contributed by atoms with van der Waals surface area (Å²) in [5.41, 5.74) is 6.96. The second-order valence-corrected chi connectivity index (χ2v) is 6.16. The maximum atomic E-state index is 12.0. The lowest BCUT2D eigenvalue weighted by Crippen LogP contribution is -2.34. The average molecular weight is 310 g/mol. The van der Waals surface area contributed by atoms with Crippen LogP contribution in [-0.2, 0) is 4.79 Å². The van der Waals surface area contributed by atoms with Gasteiger partial charge in [0.1, 0.15) is 0 Å². The third-order valence-corrected chi connectivity index (χ3v) is 4.37. The predicted octanol–water partition coefficient (Wildman–Crippen LogP) is 3.37. The zero-order valence-electron chi connectivity index (χ0n) is 12.6. The van der Waals surface area contributed by atoms with E-state index in [2.05, 4.69) is 17.1 Å². The van der Waals surface area contributed by atoms with E-state index in [0.29, 0.717) is 22.8 Å². The smallest absolute Gasteiger partial charge is 0.225 e. The van der Waals surface area contributed by atoms with Crippen molar-refractivity contribution in [2.24, 2.45) is 5.92 Å². The van der Waals surface area contributed by atoms with E-state index in [0.717, 1.165) is 25.6 Å². The summed E-state index contributed by atoms with van der Waals surface area (Å²) in [5.74, 6) is 0.830. The molecule has 1 saturated carbocycles. The molecule has 1 aliphatic carbocycles. The van der Waals surface area contributed by atoms with Crippen molar-refractivity contribution in [1.29, 1.82) is 0 Å². The summed E-state index contributed by atoms with van der Waals surface area (Å²) in [6, 6.07) is 5.11. The number of hydrogen-bond donors (Lipinski definition) is 2. The Morgan fingerprint density at radius 2 is 2.24 bits per heavy atom. The van der Waals surface area contributed by atoms with Gasteiger partial charge in [0.2, 0.25) is 5.91 Å². The molecule has 0 aliphatic heterocycles. The van der Waals surface area contributed by atoms with E-state index in [1.54, 1.807) is 18.2 Å². The molecule has 1 amide bonds. The molecule has 21 heavy (non-hydrogen) atoms. The average Bonchev–Trinajstić information content (AvgIpc) is 2.40. The first-order valence-corrected chi connectivity index (χ1v) is 8.03. The van der Waals surface area contributed by atoms with Crippen LogP contribution < -0.4 is 11.1 Å². The summed E-state index contributed by atoms with van der Waals surface area (Å²) in [4.78, 5) is 14.4.